The van der Waals surface area contributed by atoms with Crippen LogP contribution in [0.15, 0.2) is 59.8 Å². The van der Waals surface area contributed by atoms with Crippen LogP contribution in [0, 0.1) is 0 Å². The van der Waals surface area contributed by atoms with E-state index in [1.54, 1.807) is 24.1 Å². The van der Waals surface area contributed by atoms with Crippen LogP contribution in [0.2, 0.25) is 5.02 Å². The number of hydrogen-bond acceptors (Lipinski definition) is 5. The third kappa shape index (κ3) is 5.13. The highest BCUT2D eigenvalue weighted by atomic mass is 35.5. The highest BCUT2D eigenvalue weighted by molar-refractivity contribution is 6.30. The Kier molecular flexibility index (Phi) is 7.59. The quantitative estimate of drug-likeness (QED) is 0.492. The van der Waals surface area contributed by atoms with Gasteiger partial charge in [-0.05, 0) is 50.5 Å². The summed E-state index contributed by atoms with van der Waals surface area (Å²) in [5, 5.41) is 0.598. The van der Waals surface area contributed by atoms with Crippen molar-refractivity contribution in [2.75, 3.05) is 20.3 Å². The molecule has 2 aromatic carbocycles. The zero-order chi connectivity index (χ0) is 24.2. The van der Waals surface area contributed by atoms with Gasteiger partial charge in [0, 0.05) is 35.2 Å². The predicted octanol–water partition coefficient (Wildman–Crippen LogP) is 5.42. The summed E-state index contributed by atoms with van der Waals surface area (Å²) >= 11 is 6.09. The van der Waals surface area contributed by atoms with Crippen molar-refractivity contribution in [3.05, 3.63) is 76.0 Å². The number of hydrogen-bond donors (Lipinski definition) is 0. The molecule has 2 aliphatic rings. The first-order chi connectivity index (χ1) is 16.4. The van der Waals surface area contributed by atoms with Gasteiger partial charge in [0.15, 0.2) is 0 Å². The molecule has 1 fully saturated rings. The van der Waals surface area contributed by atoms with Gasteiger partial charge in [-0.25, -0.2) is 4.79 Å². The molecule has 0 radical (unpaired) electrons. The van der Waals surface area contributed by atoms with E-state index in [1.165, 1.54) is 0 Å². The molecule has 0 saturated carbocycles. The lowest BCUT2D eigenvalue weighted by Crippen LogP contribution is -2.42. The molecule has 1 saturated heterocycles. The fourth-order valence-electron chi connectivity index (χ4n) is 4.76. The van der Waals surface area contributed by atoms with E-state index in [0.29, 0.717) is 35.2 Å². The smallest absolute Gasteiger partial charge is 0.337 e. The Hall–Kier alpha value is -2.83. The second-order valence-electron chi connectivity index (χ2n) is 8.74. The minimum atomic E-state index is -0.529. The largest absolute Gasteiger partial charge is 0.496 e. The highest BCUT2D eigenvalue weighted by Gasteiger charge is 2.38. The van der Waals surface area contributed by atoms with Crippen LogP contribution in [0.3, 0.4) is 0 Å². The van der Waals surface area contributed by atoms with Crippen molar-refractivity contribution in [1.29, 1.82) is 0 Å². The number of benzene rings is 2. The van der Waals surface area contributed by atoms with Crippen molar-refractivity contribution < 1.29 is 23.8 Å². The average molecular weight is 484 g/mol. The highest BCUT2D eigenvalue weighted by Crippen LogP contribution is 2.39. The first-order valence-electron chi connectivity index (χ1n) is 11.6. The molecule has 180 valence electrons. The summed E-state index contributed by atoms with van der Waals surface area (Å²) in [5.74, 6) is -0.229. The van der Waals surface area contributed by atoms with Crippen molar-refractivity contribution >= 4 is 23.5 Å². The first-order valence-corrected chi connectivity index (χ1v) is 12.0. The van der Waals surface area contributed by atoms with Crippen LogP contribution in [0.4, 0.5) is 0 Å². The number of carbonyl (C=O) groups is 2. The lowest BCUT2D eigenvalue weighted by atomic mass is 9.83. The van der Waals surface area contributed by atoms with Crippen molar-refractivity contribution in [1.82, 2.24) is 4.90 Å². The number of allylic oxidation sites excluding steroid dienone is 1. The van der Waals surface area contributed by atoms with Gasteiger partial charge in [-0.2, -0.15) is 0 Å². The van der Waals surface area contributed by atoms with E-state index in [9.17, 15) is 9.59 Å². The third-order valence-electron chi connectivity index (χ3n) is 6.59. The molecule has 2 aliphatic heterocycles. The van der Waals surface area contributed by atoms with Gasteiger partial charge in [0.1, 0.15) is 11.9 Å². The number of ether oxygens (including phenoxy) is 3. The Labute approximate surface area is 205 Å². The molecule has 0 spiro atoms. The van der Waals surface area contributed by atoms with Gasteiger partial charge in [-0.3, -0.25) is 4.79 Å². The molecular weight excluding hydrogens is 454 g/mol. The molecule has 0 aromatic heterocycles. The Morgan fingerprint density at radius 2 is 1.94 bits per heavy atom. The molecule has 2 heterocycles. The van der Waals surface area contributed by atoms with Gasteiger partial charge in [0.25, 0.3) is 0 Å². The van der Waals surface area contributed by atoms with Crippen molar-refractivity contribution in [3.63, 3.8) is 0 Å². The van der Waals surface area contributed by atoms with Crippen molar-refractivity contribution in [3.8, 4) is 5.75 Å². The van der Waals surface area contributed by atoms with E-state index < -0.39 is 18.0 Å². The summed E-state index contributed by atoms with van der Waals surface area (Å²) in [7, 11) is 1.59. The van der Waals surface area contributed by atoms with Crippen LogP contribution < -0.4 is 4.74 Å². The van der Waals surface area contributed by atoms with Gasteiger partial charge in [-0.1, -0.05) is 41.9 Å². The predicted molar refractivity (Wildman–Crippen MR) is 130 cm³/mol. The van der Waals surface area contributed by atoms with Crippen LogP contribution in [0.1, 0.15) is 56.3 Å². The number of methoxy groups -OCH3 is 1. The monoisotopic (exact) mass is 483 g/mol. The SMILES string of the molecule is COc1ccccc1[C@@H](C)OC(=O)C1=C(C)N(C[C@H]2CCCO2)C(=O)C[C@H]1c1ccc(Cl)cc1. The molecule has 34 heavy (non-hydrogen) atoms. The molecule has 0 N–H and O–H groups in total. The van der Waals surface area contributed by atoms with Gasteiger partial charge >= 0.3 is 5.97 Å². The molecule has 7 heteroatoms. The maximum atomic E-state index is 13.6. The van der Waals surface area contributed by atoms with Gasteiger partial charge in [0.05, 0.1) is 25.3 Å². The van der Waals surface area contributed by atoms with E-state index >= 15 is 0 Å². The van der Waals surface area contributed by atoms with Crippen molar-refractivity contribution in [2.24, 2.45) is 0 Å². The zero-order valence-corrected chi connectivity index (χ0v) is 20.5. The summed E-state index contributed by atoms with van der Waals surface area (Å²) < 4.78 is 17.1. The number of rotatable bonds is 7. The van der Waals surface area contributed by atoms with Crippen LogP contribution >= 0.6 is 11.6 Å². The van der Waals surface area contributed by atoms with Crippen LogP contribution in [0.25, 0.3) is 0 Å². The van der Waals surface area contributed by atoms with E-state index in [-0.39, 0.29) is 18.4 Å². The van der Waals surface area contributed by atoms with Gasteiger partial charge in [-0.15, -0.1) is 0 Å². The standard InChI is InChI=1S/C27H30ClNO5/c1-17-26(27(31)34-18(2)22-8-4-5-9-24(22)32-3)23(19-10-12-20(28)13-11-19)15-25(30)29(17)16-21-7-6-14-33-21/h4-5,8-13,18,21,23H,6-7,14-16H2,1-3H3/t18-,21-,23+/m1/s1. The van der Waals surface area contributed by atoms with Crippen molar-refractivity contribution in [2.45, 2.75) is 51.2 Å². The molecule has 2 aromatic rings. The molecule has 0 aliphatic carbocycles. The number of carbonyl (C=O) groups excluding carboxylic acids is 2. The molecule has 0 bridgehead atoms. The fourth-order valence-corrected chi connectivity index (χ4v) is 4.89. The summed E-state index contributed by atoms with van der Waals surface area (Å²) in [6.07, 6.45) is 1.52. The van der Waals surface area contributed by atoms with E-state index in [1.807, 2.05) is 50.2 Å². The summed E-state index contributed by atoms with van der Waals surface area (Å²) in [6, 6.07) is 14.7. The minimum absolute atomic E-state index is 0.0178. The molecule has 4 rings (SSSR count). The van der Waals surface area contributed by atoms with Crippen LogP contribution in [0.5, 0.6) is 5.75 Å². The number of para-hydroxylation sites is 1. The van der Waals surface area contributed by atoms with E-state index in [2.05, 4.69) is 0 Å². The number of halogens is 1. The number of amides is 1. The topological polar surface area (TPSA) is 65.1 Å². The Balaban J connectivity index is 1.67. The van der Waals surface area contributed by atoms with E-state index in [0.717, 1.165) is 24.0 Å². The average Bonchev–Trinajstić information content (AvgIpc) is 3.35. The summed E-state index contributed by atoms with van der Waals surface area (Å²) in [4.78, 5) is 28.5. The Bertz CT molecular complexity index is 1070. The van der Waals surface area contributed by atoms with Gasteiger partial charge in [0.2, 0.25) is 5.91 Å². The Morgan fingerprint density at radius 1 is 1.21 bits per heavy atom. The first kappa shape index (κ1) is 24.3. The maximum Gasteiger partial charge on any atom is 0.337 e. The van der Waals surface area contributed by atoms with Crippen LogP contribution in [-0.4, -0.2) is 43.1 Å². The summed E-state index contributed by atoms with van der Waals surface area (Å²) in [5.41, 5.74) is 2.74. The zero-order valence-electron chi connectivity index (χ0n) is 19.8. The lowest BCUT2D eigenvalue weighted by Gasteiger charge is -2.36. The third-order valence-corrected chi connectivity index (χ3v) is 6.84. The number of nitrogens with zero attached hydrogens (tertiary/aromatic N) is 1. The second kappa shape index (κ2) is 10.6. The second-order valence-corrected chi connectivity index (χ2v) is 9.17. The summed E-state index contributed by atoms with van der Waals surface area (Å²) in [6.45, 7) is 4.78. The maximum absolute atomic E-state index is 13.6. The molecule has 0 unspecified atom stereocenters. The van der Waals surface area contributed by atoms with Gasteiger partial charge < -0.3 is 19.1 Å². The normalized spacial score (nSPS) is 21.5. The Morgan fingerprint density at radius 3 is 2.62 bits per heavy atom. The molecule has 1 amide bonds. The van der Waals surface area contributed by atoms with E-state index in [4.69, 9.17) is 25.8 Å². The fraction of sp³-hybridized carbons (Fsp3) is 0.407. The van der Waals surface area contributed by atoms with Crippen LogP contribution in [-0.2, 0) is 19.1 Å². The minimum Gasteiger partial charge on any atom is -0.496 e. The molecule has 3 atom stereocenters. The molecular formula is C27H30ClNO5. The lowest BCUT2D eigenvalue weighted by molar-refractivity contribution is -0.145. The number of esters is 1. The molecule has 6 nitrogen and oxygen atoms in total.